The largest absolute Gasteiger partial charge is 0.496 e. The Balaban J connectivity index is 2.11. The van der Waals surface area contributed by atoms with E-state index >= 15 is 0 Å². The Morgan fingerprint density at radius 2 is 1.71 bits per heavy atom. The molecule has 0 N–H and O–H groups in total. The molecular weight excluding hydrogens is 324 g/mol. The molecule has 1 aromatic carbocycles. The van der Waals surface area contributed by atoms with Crippen LogP contribution in [0.5, 0.6) is 5.75 Å². The molecule has 0 unspecified atom stereocenters. The van der Waals surface area contributed by atoms with E-state index in [2.05, 4.69) is 18.7 Å². The van der Waals surface area contributed by atoms with Crippen molar-refractivity contribution in [3.8, 4) is 5.75 Å². The highest BCUT2D eigenvalue weighted by Crippen LogP contribution is 2.28. The Morgan fingerprint density at radius 1 is 1.08 bits per heavy atom. The number of nitrogens with zero attached hydrogens (tertiary/aromatic N) is 2. The van der Waals surface area contributed by atoms with Crippen molar-refractivity contribution >= 4 is 10.0 Å². The van der Waals surface area contributed by atoms with Crippen LogP contribution in [-0.4, -0.2) is 57.5 Å². The lowest BCUT2D eigenvalue weighted by molar-refractivity contribution is 0.180. The van der Waals surface area contributed by atoms with Gasteiger partial charge in [0.25, 0.3) is 0 Å². The Labute approximate surface area is 146 Å². The first-order chi connectivity index (χ1) is 11.3. The van der Waals surface area contributed by atoms with Gasteiger partial charge in [-0.1, -0.05) is 13.8 Å². The van der Waals surface area contributed by atoms with Crippen LogP contribution in [0.2, 0.25) is 0 Å². The molecule has 24 heavy (non-hydrogen) atoms. The molecule has 0 aromatic heterocycles. The Kier molecular flexibility index (Phi) is 6.28. The van der Waals surface area contributed by atoms with E-state index in [4.69, 9.17) is 4.74 Å². The molecule has 0 bridgehead atoms. The average molecular weight is 355 g/mol. The Morgan fingerprint density at radius 3 is 2.25 bits per heavy atom. The van der Waals surface area contributed by atoms with Gasteiger partial charge in [0.2, 0.25) is 10.0 Å². The molecule has 1 heterocycles. The second-order valence-corrected chi connectivity index (χ2v) is 8.92. The van der Waals surface area contributed by atoms with Crippen molar-refractivity contribution in [2.24, 2.45) is 5.92 Å². The molecule has 1 fully saturated rings. The number of rotatable bonds is 6. The predicted molar refractivity (Wildman–Crippen MR) is 97.1 cm³/mol. The van der Waals surface area contributed by atoms with Crippen molar-refractivity contribution < 1.29 is 13.2 Å². The summed E-state index contributed by atoms with van der Waals surface area (Å²) < 4.78 is 32.9. The maximum absolute atomic E-state index is 13.0. The number of sulfonamides is 1. The number of benzene rings is 1. The van der Waals surface area contributed by atoms with Gasteiger partial charge in [0.05, 0.1) is 12.0 Å². The van der Waals surface area contributed by atoms with Gasteiger partial charge >= 0.3 is 0 Å². The summed E-state index contributed by atoms with van der Waals surface area (Å²) in [4.78, 5) is 2.76. The summed E-state index contributed by atoms with van der Waals surface area (Å²) in [6, 6.07) is 3.54. The number of hydrogen-bond acceptors (Lipinski definition) is 4. The van der Waals surface area contributed by atoms with E-state index in [0.29, 0.717) is 23.9 Å². The lowest BCUT2D eigenvalue weighted by Gasteiger charge is -2.34. The predicted octanol–water partition coefficient (Wildman–Crippen LogP) is 2.66. The molecule has 0 saturated carbocycles. The van der Waals surface area contributed by atoms with Crippen molar-refractivity contribution in [2.45, 2.75) is 39.0 Å². The number of aryl methyl sites for hydroxylation is 2. The van der Waals surface area contributed by atoms with Gasteiger partial charge in [0.15, 0.2) is 0 Å². The fraction of sp³-hybridized carbons (Fsp3) is 0.667. The molecule has 0 aliphatic carbocycles. The highest BCUT2D eigenvalue weighted by atomic mass is 32.2. The number of ether oxygens (including phenoxy) is 1. The van der Waals surface area contributed by atoms with E-state index in [0.717, 1.165) is 42.9 Å². The second-order valence-electron chi connectivity index (χ2n) is 7.02. The van der Waals surface area contributed by atoms with Gasteiger partial charge in [0, 0.05) is 26.2 Å². The molecular formula is C18H30N2O3S. The van der Waals surface area contributed by atoms with Crippen molar-refractivity contribution in [1.29, 1.82) is 0 Å². The number of hydrogen-bond donors (Lipinski definition) is 0. The number of piperazine rings is 1. The standard InChI is InChI=1S/C18H30N2O3S/c1-14(2)6-7-19-8-10-20(11-9-19)24(21,22)18-13-15(3)17(23-5)12-16(18)4/h12-14H,6-11H2,1-5H3. The van der Waals surface area contributed by atoms with Gasteiger partial charge in [-0.15, -0.1) is 0 Å². The summed E-state index contributed by atoms with van der Waals surface area (Å²) in [6.45, 7) is 11.9. The summed E-state index contributed by atoms with van der Waals surface area (Å²) in [5.74, 6) is 1.40. The summed E-state index contributed by atoms with van der Waals surface area (Å²) >= 11 is 0. The van der Waals surface area contributed by atoms with E-state index in [1.54, 1.807) is 23.5 Å². The summed E-state index contributed by atoms with van der Waals surface area (Å²) in [5.41, 5.74) is 1.58. The van der Waals surface area contributed by atoms with E-state index in [1.165, 1.54) is 0 Å². The first-order valence-corrected chi connectivity index (χ1v) is 10.1. The van der Waals surface area contributed by atoms with Gasteiger partial charge in [-0.2, -0.15) is 4.31 Å². The van der Waals surface area contributed by atoms with E-state index < -0.39 is 10.0 Å². The minimum Gasteiger partial charge on any atom is -0.496 e. The van der Waals surface area contributed by atoms with Gasteiger partial charge < -0.3 is 9.64 Å². The van der Waals surface area contributed by atoms with E-state index in [1.807, 2.05) is 13.8 Å². The van der Waals surface area contributed by atoms with Crippen LogP contribution in [0.4, 0.5) is 0 Å². The highest BCUT2D eigenvalue weighted by Gasteiger charge is 2.30. The molecule has 0 radical (unpaired) electrons. The zero-order valence-corrected chi connectivity index (χ0v) is 16.3. The second kappa shape index (κ2) is 7.85. The molecule has 6 heteroatoms. The van der Waals surface area contributed by atoms with Crippen molar-refractivity contribution in [3.05, 3.63) is 23.3 Å². The molecule has 0 spiro atoms. The van der Waals surface area contributed by atoms with Crippen LogP contribution in [0.1, 0.15) is 31.4 Å². The average Bonchev–Trinajstić information content (AvgIpc) is 2.54. The third-order valence-corrected chi connectivity index (χ3v) is 6.70. The normalized spacial score (nSPS) is 17.4. The van der Waals surface area contributed by atoms with Gasteiger partial charge in [-0.25, -0.2) is 8.42 Å². The van der Waals surface area contributed by atoms with Gasteiger partial charge in [-0.05, 0) is 56.0 Å². The molecule has 1 aliphatic heterocycles. The molecule has 5 nitrogen and oxygen atoms in total. The first-order valence-electron chi connectivity index (χ1n) is 8.63. The summed E-state index contributed by atoms with van der Waals surface area (Å²) in [6.07, 6.45) is 1.16. The smallest absolute Gasteiger partial charge is 0.243 e. The third-order valence-electron chi connectivity index (χ3n) is 4.66. The monoisotopic (exact) mass is 354 g/mol. The van der Waals surface area contributed by atoms with E-state index in [9.17, 15) is 8.42 Å². The fourth-order valence-corrected chi connectivity index (χ4v) is 4.75. The van der Waals surface area contributed by atoms with Crippen molar-refractivity contribution in [2.75, 3.05) is 39.8 Å². The maximum atomic E-state index is 13.0. The number of methoxy groups -OCH3 is 1. The lowest BCUT2D eigenvalue weighted by Crippen LogP contribution is -2.48. The zero-order chi connectivity index (χ0) is 17.9. The van der Waals surface area contributed by atoms with Crippen LogP contribution < -0.4 is 4.74 Å². The minimum atomic E-state index is -3.44. The van der Waals surface area contributed by atoms with Crippen molar-refractivity contribution in [3.63, 3.8) is 0 Å². The fourth-order valence-electron chi connectivity index (χ4n) is 3.03. The van der Waals surface area contributed by atoms with Crippen LogP contribution in [-0.2, 0) is 10.0 Å². The van der Waals surface area contributed by atoms with Gasteiger partial charge in [-0.3, -0.25) is 0 Å². The molecule has 0 amide bonds. The highest BCUT2D eigenvalue weighted by molar-refractivity contribution is 7.89. The SMILES string of the molecule is COc1cc(C)c(S(=O)(=O)N2CCN(CCC(C)C)CC2)cc1C. The van der Waals surface area contributed by atoms with Crippen LogP contribution in [0.25, 0.3) is 0 Å². The third kappa shape index (κ3) is 4.29. The topological polar surface area (TPSA) is 49.9 Å². The Hall–Kier alpha value is -1.11. The molecule has 1 saturated heterocycles. The molecule has 1 aromatic rings. The lowest BCUT2D eigenvalue weighted by atomic mass is 10.1. The quantitative estimate of drug-likeness (QED) is 0.788. The summed E-state index contributed by atoms with van der Waals surface area (Å²) in [5, 5.41) is 0. The molecule has 136 valence electrons. The molecule has 0 atom stereocenters. The summed E-state index contributed by atoms with van der Waals surface area (Å²) in [7, 11) is -1.84. The minimum absolute atomic E-state index is 0.399. The van der Waals surface area contributed by atoms with Crippen molar-refractivity contribution in [1.82, 2.24) is 9.21 Å². The first kappa shape index (κ1) is 19.2. The van der Waals surface area contributed by atoms with Crippen LogP contribution in [0, 0.1) is 19.8 Å². The molecule has 2 rings (SSSR count). The van der Waals surface area contributed by atoms with Crippen LogP contribution in [0.15, 0.2) is 17.0 Å². The van der Waals surface area contributed by atoms with Crippen LogP contribution in [0.3, 0.4) is 0 Å². The molecule has 1 aliphatic rings. The van der Waals surface area contributed by atoms with Crippen LogP contribution >= 0.6 is 0 Å². The van der Waals surface area contributed by atoms with Gasteiger partial charge in [0.1, 0.15) is 5.75 Å². The maximum Gasteiger partial charge on any atom is 0.243 e. The van der Waals surface area contributed by atoms with E-state index in [-0.39, 0.29) is 0 Å². The Bertz CT molecular complexity index is 663. The zero-order valence-electron chi connectivity index (χ0n) is 15.5.